The highest BCUT2D eigenvalue weighted by atomic mass is 16.6. The Labute approximate surface area is 156 Å². The number of hydrogen-bond donors (Lipinski definition) is 0. The predicted octanol–water partition coefficient (Wildman–Crippen LogP) is 3.75. The maximum atomic E-state index is 12.4. The highest BCUT2D eigenvalue weighted by Gasteiger charge is 2.42. The van der Waals surface area contributed by atoms with Gasteiger partial charge in [-0.25, -0.2) is 0 Å². The number of carbonyl (C=O) groups excluding carboxylic acids is 2. The summed E-state index contributed by atoms with van der Waals surface area (Å²) < 4.78 is 16.2. The molecular formula is C21H30O5. The van der Waals surface area contributed by atoms with Crippen LogP contribution in [0.5, 0.6) is 0 Å². The largest absolute Gasteiger partial charge is 0.465 e. The van der Waals surface area contributed by atoms with Crippen LogP contribution in [0.4, 0.5) is 0 Å². The fourth-order valence-corrected chi connectivity index (χ4v) is 3.69. The van der Waals surface area contributed by atoms with Gasteiger partial charge in [0.1, 0.15) is 0 Å². The molecular weight excluding hydrogens is 332 g/mol. The Morgan fingerprint density at radius 2 is 1.62 bits per heavy atom. The summed E-state index contributed by atoms with van der Waals surface area (Å²) in [6.07, 6.45) is 3.87. The highest BCUT2D eigenvalue weighted by molar-refractivity contribution is 5.95. The minimum absolute atomic E-state index is 0.0855. The molecule has 0 N–H and O–H groups in total. The normalized spacial score (nSPS) is 20.0. The maximum absolute atomic E-state index is 12.4. The van der Waals surface area contributed by atoms with Gasteiger partial charge in [-0.15, -0.1) is 0 Å². The SMILES string of the molecule is CCOC(=O)C(C(=O)OCC)C1CCCCC1COCc1ccccc1. The molecule has 0 saturated heterocycles. The van der Waals surface area contributed by atoms with E-state index in [-0.39, 0.29) is 25.0 Å². The van der Waals surface area contributed by atoms with Crippen molar-refractivity contribution in [1.29, 1.82) is 0 Å². The quantitative estimate of drug-likeness (QED) is 0.494. The summed E-state index contributed by atoms with van der Waals surface area (Å²) in [7, 11) is 0. The molecule has 0 aliphatic heterocycles. The molecule has 2 rings (SSSR count). The fraction of sp³-hybridized carbons (Fsp3) is 0.619. The molecule has 26 heavy (non-hydrogen) atoms. The molecule has 0 radical (unpaired) electrons. The van der Waals surface area contributed by atoms with Gasteiger partial charge in [-0.05, 0) is 44.1 Å². The van der Waals surface area contributed by atoms with Crippen LogP contribution in [0.15, 0.2) is 30.3 Å². The van der Waals surface area contributed by atoms with Crippen LogP contribution in [0.25, 0.3) is 0 Å². The zero-order chi connectivity index (χ0) is 18.8. The second-order valence-electron chi connectivity index (χ2n) is 6.69. The number of ether oxygens (including phenoxy) is 3. The molecule has 144 valence electrons. The average Bonchev–Trinajstić information content (AvgIpc) is 2.64. The standard InChI is InChI=1S/C21H30O5/c1-3-25-20(22)19(21(23)26-4-2)18-13-9-8-12-17(18)15-24-14-16-10-6-5-7-11-16/h5-7,10-11,17-19H,3-4,8-9,12-15H2,1-2H3. The first kappa shape index (κ1) is 20.4. The molecule has 1 aromatic carbocycles. The summed E-state index contributed by atoms with van der Waals surface area (Å²) >= 11 is 0. The molecule has 1 saturated carbocycles. The van der Waals surface area contributed by atoms with Crippen molar-refractivity contribution in [2.45, 2.75) is 46.1 Å². The Balaban J connectivity index is 2.02. The zero-order valence-corrected chi connectivity index (χ0v) is 15.8. The van der Waals surface area contributed by atoms with Gasteiger partial charge in [0, 0.05) is 0 Å². The molecule has 0 aromatic heterocycles. The van der Waals surface area contributed by atoms with Crippen molar-refractivity contribution >= 4 is 11.9 Å². The van der Waals surface area contributed by atoms with Gasteiger partial charge >= 0.3 is 11.9 Å². The van der Waals surface area contributed by atoms with Crippen LogP contribution in [0.2, 0.25) is 0 Å². The third-order valence-corrected chi connectivity index (χ3v) is 4.92. The fourth-order valence-electron chi connectivity index (χ4n) is 3.69. The lowest BCUT2D eigenvalue weighted by Gasteiger charge is -2.34. The van der Waals surface area contributed by atoms with E-state index in [9.17, 15) is 9.59 Å². The van der Waals surface area contributed by atoms with Crippen molar-refractivity contribution in [3.8, 4) is 0 Å². The van der Waals surface area contributed by atoms with E-state index >= 15 is 0 Å². The monoisotopic (exact) mass is 362 g/mol. The van der Waals surface area contributed by atoms with Crippen LogP contribution >= 0.6 is 0 Å². The molecule has 0 amide bonds. The molecule has 0 spiro atoms. The van der Waals surface area contributed by atoms with E-state index in [0.717, 1.165) is 31.2 Å². The Hall–Kier alpha value is -1.88. The van der Waals surface area contributed by atoms with Gasteiger partial charge in [0.05, 0.1) is 26.4 Å². The molecule has 2 atom stereocenters. The van der Waals surface area contributed by atoms with Gasteiger partial charge in [0.15, 0.2) is 5.92 Å². The van der Waals surface area contributed by atoms with Crippen molar-refractivity contribution in [1.82, 2.24) is 0 Å². The maximum Gasteiger partial charge on any atom is 0.320 e. The lowest BCUT2D eigenvalue weighted by molar-refractivity contribution is -0.167. The second kappa shape index (κ2) is 11.0. The van der Waals surface area contributed by atoms with Crippen molar-refractivity contribution in [3.63, 3.8) is 0 Å². The van der Waals surface area contributed by atoms with Crippen LogP contribution in [0.1, 0.15) is 45.1 Å². The third-order valence-electron chi connectivity index (χ3n) is 4.92. The molecule has 2 unspecified atom stereocenters. The van der Waals surface area contributed by atoms with Gasteiger partial charge in [-0.1, -0.05) is 43.2 Å². The molecule has 5 nitrogen and oxygen atoms in total. The van der Waals surface area contributed by atoms with Crippen LogP contribution in [0, 0.1) is 17.8 Å². The lowest BCUT2D eigenvalue weighted by atomic mass is 9.72. The van der Waals surface area contributed by atoms with Gasteiger partial charge in [-0.2, -0.15) is 0 Å². The van der Waals surface area contributed by atoms with E-state index in [4.69, 9.17) is 14.2 Å². The first-order valence-corrected chi connectivity index (χ1v) is 9.62. The van der Waals surface area contributed by atoms with Gasteiger partial charge in [0.25, 0.3) is 0 Å². The highest BCUT2D eigenvalue weighted by Crippen LogP contribution is 2.37. The minimum Gasteiger partial charge on any atom is -0.465 e. The Morgan fingerprint density at radius 1 is 1.00 bits per heavy atom. The summed E-state index contributed by atoms with van der Waals surface area (Å²) in [6, 6.07) is 10.0. The topological polar surface area (TPSA) is 61.8 Å². The van der Waals surface area contributed by atoms with Gasteiger partial charge in [0.2, 0.25) is 0 Å². The molecule has 0 bridgehead atoms. The Kier molecular flexibility index (Phi) is 8.62. The van der Waals surface area contributed by atoms with E-state index in [1.807, 2.05) is 30.3 Å². The summed E-state index contributed by atoms with van der Waals surface area (Å²) in [5.41, 5.74) is 1.12. The first-order chi connectivity index (χ1) is 12.7. The molecule has 1 aromatic rings. The Morgan fingerprint density at radius 3 is 2.23 bits per heavy atom. The number of hydrogen-bond acceptors (Lipinski definition) is 5. The van der Waals surface area contributed by atoms with Crippen LogP contribution in [-0.2, 0) is 30.4 Å². The van der Waals surface area contributed by atoms with Crippen molar-refractivity contribution < 1.29 is 23.8 Å². The lowest BCUT2D eigenvalue weighted by Crippen LogP contribution is -2.40. The summed E-state index contributed by atoms with van der Waals surface area (Å²) in [5.74, 6) is -1.71. The molecule has 1 aliphatic rings. The number of rotatable bonds is 9. The van der Waals surface area contributed by atoms with Crippen molar-refractivity contribution in [2.75, 3.05) is 19.8 Å². The van der Waals surface area contributed by atoms with Crippen LogP contribution in [-0.4, -0.2) is 31.8 Å². The van der Waals surface area contributed by atoms with E-state index in [1.54, 1.807) is 13.8 Å². The predicted molar refractivity (Wildman–Crippen MR) is 98.3 cm³/mol. The summed E-state index contributed by atoms with van der Waals surface area (Å²) in [6.45, 7) is 5.10. The average molecular weight is 362 g/mol. The molecule has 1 fully saturated rings. The first-order valence-electron chi connectivity index (χ1n) is 9.62. The number of esters is 2. The number of carbonyl (C=O) groups is 2. The van der Waals surface area contributed by atoms with E-state index in [1.165, 1.54) is 0 Å². The second-order valence-corrected chi connectivity index (χ2v) is 6.69. The van der Waals surface area contributed by atoms with Crippen molar-refractivity contribution in [2.24, 2.45) is 17.8 Å². The summed E-state index contributed by atoms with van der Waals surface area (Å²) in [5, 5.41) is 0. The minimum atomic E-state index is -0.847. The van der Waals surface area contributed by atoms with E-state index in [0.29, 0.717) is 13.2 Å². The number of benzene rings is 1. The zero-order valence-electron chi connectivity index (χ0n) is 15.8. The van der Waals surface area contributed by atoms with Gasteiger partial charge in [-0.3, -0.25) is 9.59 Å². The summed E-state index contributed by atoms with van der Waals surface area (Å²) in [4.78, 5) is 24.9. The smallest absolute Gasteiger partial charge is 0.320 e. The van der Waals surface area contributed by atoms with E-state index in [2.05, 4.69) is 0 Å². The Bertz CT molecular complexity index is 539. The molecule has 1 aliphatic carbocycles. The van der Waals surface area contributed by atoms with Crippen LogP contribution in [0.3, 0.4) is 0 Å². The molecule has 5 heteroatoms. The van der Waals surface area contributed by atoms with Crippen molar-refractivity contribution in [3.05, 3.63) is 35.9 Å². The van der Waals surface area contributed by atoms with Gasteiger partial charge < -0.3 is 14.2 Å². The van der Waals surface area contributed by atoms with E-state index < -0.39 is 17.9 Å². The van der Waals surface area contributed by atoms with Crippen LogP contribution < -0.4 is 0 Å². The molecule has 0 heterocycles. The third kappa shape index (κ3) is 5.84.